The Hall–Kier alpha value is -1.51. The summed E-state index contributed by atoms with van der Waals surface area (Å²) in [5.74, 6) is -0.253. The van der Waals surface area contributed by atoms with E-state index in [4.69, 9.17) is 11.6 Å². The number of likely N-dealkylation sites (N-methyl/N-ethyl adjacent to an activating group) is 1. The molecule has 0 aliphatic carbocycles. The van der Waals surface area contributed by atoms with Crippen molar-refractivity contribution < 1.29 is 13.2 Å². The van der Waals surface area contributed by atoms with Gasteiger partial charge in [-0.1, -0.05) is 11.6 Å². The lowest BCUT2D eigenvalue weighted by atomic mass is 10.4. The van der Waals surface area contributed by atoms with Gasteiger partial charge in [0.05, 0.1) is 9.80 Å². The van der Waals surface area contributed by atoms with Gasteiger partial charge in [-0.3, -0.25) is 9.69 Å². The summed E-state index contributed by atoms with van der Waals surface area (Å²) in [7, 11) is -0.328. The van der Waals surface area contributed by atoms with Crippen molar-refractivity contribution in [3.63, 3.8) is 0 Å². The van der Waals surface area contributed by atoms with Crippen LogP contribution in [0, 0.1) is 0 Å². The van der Waals surface area contributed by atoms with Crippen LogP contribution >= 0.6 is 23.4 Å². The maximum atomic E-state index is 12.4. The highest BCUT2D eigenvalue weighted by atomic mass is 35.5. The predicted molar refractivity (Wildman–Crippen MR) is 92.8 cm³/mol. The molecule has 0 atom stereocenters. The second-order valence-corrected chi connectivity index (χ2v) is 7.96. The Morgan fingerprint density at radius 3 is 2.43 bits per heavy atom. The van der Waals surface area contributed by atoms with E-state index in [2.05, 4.69) is 4.40 Å². The van der Waals surface area contributed by atoms with E-state index in [9.17, 15) is 13.2 Å². The Balaban J connectivity index is 2.41. The number of rotatable bonds is 4. The molecule has 0 spiro atoms. The highest BCUT2D eigenvalue weighted by Crippen LogP contribution is 2.32. The third-order valence-electron chi connectivity index (χ3n) is 2.89. The first-order valence-electron chi connectivity index (χ1n) is 6.73. The summed E-state index contributed by atoms with van der Waals surface area (Å²) in [5, 5.41) is 0.592. The summed E-state index contributed by atoms with van der Waals surface area (Å²) in [6.45, 7) is 2.10. The Morgan fingerprint density at radius 1 is 1.30 bits per heavy atom. The van der Waals surface area contributed by atoms with E-state index in [1.54, 1.807) is 32.1 Å². The van der Waals surface area contributed by atoms with Gasteiger partial charge in [0.15, 0.2) is 5.17 Å². The lowest BCUT2D eigenvalue weighted by Gasteiger charge is -2.12. The van der Waals surface area contributed by atoms with Crippen molar-refractivity contribution >= 4 is 44.5 Å². The van der Waals surface area contributed by atoms with Gasteiger partial charge in [0.1, 0.15) is 0 Å². The van der Waals surface area contributed by atoms with Gasteiger partial charge in [-0.05, 0) is 43.0 Å². The molecular weight excluding hydrogens is 358 g/mol. The van der Waals surface area contributed by atoms with Crippen molar-refractivity contribution in [1.82, 2.24) is 9.80 Å². The Morgan fingerprint density at radius 2 is 1.91 bits per heavy atom. The first kappa shape index (κ1) is 17.8. The van der Waals surface area contributed by atoms with Crippen molar-refractivity contribution in [2.75, 3.05) is 20.6 Å². The summed E-state index contributed by atoms with van der Waals surface area (Å²) >= 11 is 6.81. The smallest absolute Gasteiger partial charge is 0.284 e. The van der Waals surface area contributed by atoms with Crippen molar-refractivity contribution in [2.24, 2.45) is 4.40 Å². The minimum atomic E-state index is -3.91. The number of sulfonamides is 1. The summed E-state index contributed by atoms with van der Waals surface area (Å²) in [4.78, 5) is 15.8. The van der Waals surface area contributed by atoms with Crippen molar-refractivity contribution in [3.8, 4) is 0 Å². The zero-order valence-electron chi connectivity index (χ0n) is 12.9. The summed E-state index contributed by atoms with van der Waals surface area (Å²) < 4.78 is 28.6. The monoisotopic (exact) mass is 373 g/mol. The summed E-state index contributed by atoms with van der Waals surface area (Å²) in [5.41, 5.74) is 0. The van der Waals surface area contributed by atoms with Gasteiger partial charge in [-0.25, -0.2) is 0 Å². The van der Waals surface area contributed by atoms with Crippen LogP contribution in [-0.4, -0.2) is 49.9 Å². The number of carbonyl (C=O) groups excluding carboxylic acids is 1. The maximum absolute atomic E-state index is 12.4. The fraction of sp³-hybridized carbons (Fsp3) is 0.286. The zero-order valence-corrected chi connectivity index (χ0v) is 15.2. The molecule has 1 aromatic carbocycles. The molecule has 9 heteroatoms. The highest BCUT2D eigenvalue weighted by Gasteiger charge is 2.34. The van der Waals surface area contributed by atoms with Crippen LogP contribution in [0.15, 0.2) is 44.7 Å². The normalized spacial score (nSPS) is 19.0. The molecule has 0 N–H and O–H groups in total. The molecule has 124 valence electrons. The number of amides is 1. The Kier molecular flexibility index (Phi) is 5.38. The van der Waals surface area contributed by atoms with Gasteiger partial charge >= 0.3 is 0 Å². The molecule has 1 aromatic rings. The van der Waals surface area contributed by atoms with Crippen LogP contribution in [0.3, 0.4) is 0 Å². The van der Waals surface area contributed by atoms with E-state index >= 15 is 0 Å². The number of thioether (sulfide) groups is 1. The second-order valence-electron chi connectivity index (χ2n) is 4.91. The predicted octanol–water partition coefficient (Wildman–Crippen LogP) is 2.38. The van der Waals surface area contributed by atoms with E-state index in [1.165, 1.54) is 29.2 Å². The molecule has 0 saturated carbocycles. The molecule has 1 aliphatic rings. The number of benzene rings is 1. The quantitative estimate of drug-likeness (QED) is 0.758. The molecule has 0 radical (unpaired) electrons. The molecule has 1 amide bonds. The largest absolute Gasteiger partial charge is 0.382 e. The lowest BCUT2D eigenvalue weighted by Crippen LogP contribution is -2.29. The van der Waals surface area contributed by atoms with Crippen LogP contribution in [-0.2, 0) is 14.8 Å². The van der Waals surface area contributed by atoms with Crippen LogP contribution < -0.4 is 0 Å². The average molecular weight is 374 g/mol. The molecule has 0 aromatic heterocycles. The van der Waals surface area contributed by atoms with Gasteiger partial charge in [0.25, 0.3) is 15.9 Å². The van der Waals surface area contributed by atoms with Crippen LogP contribution in [0.5, 0.6) is 0 Å². The topological polar surface area (TPSA) is 70.1 Å². The first-order valence-corrected chi connectivity index (χ1v) is 9.36. The number of amidine groups is 1. The second kappa shape index (κ2) is 6.94. The van der Waals surface area contributed by atoms with Gasteiger partial charge in [-0.2, -0.15) is 8.42 Å². The molecule has 6 nitrogen and oxygen atoms in total. The van der Waals surface area contributed by atoms with Crippen LogP contribution in [0.1, 0.15) is 6.92 Å². The standard InChI is InChI=1S/C14H16ClN3O3S2/c1-4-18-13(19)12(9-17(2)3)22-14(18)16-23(20,21)11-7-5-10(15)6-8-11/h5-9H,4H2,1-3H3/b12-9-,16-14+. The van der Waals surface area contributed by atoms with E-state index in [-0.39, 0.29) is 16.0 Å². The number of nitrogens with zero attached hydrogens (tertiary/aromatic N) is 3. The Labute approximate surface area is 144 Å². The fourth-order valence-corrected chi connectivity index (χ4v) is 4.28. The number of carbonyl (C=O) groups is 1. The number of halogens is 1. The zero-order chi connectivity index (χ0) is 17.2. The van der Waals surface area contributed by atoms with Gasteiger partial charge in [0.2, 0.25) is 0 Å². The number of hydrogen-bond donors (Lipinski definition) is 0. The third kappa shape index (κ3) is 4.07. The van der Waals surface area contributed by atoms with Gasteiger partial charge in [-0.15, -0.1) is 4.40 Å². The molecule has 0 bridgehead atoms. The molecule has 23 heavy (non-hydrogen) atoms. The van der Waals surface area contributed by atoms with E-state index in [0.29, 0.717) is 16.5 Å². The lowest BCUT2D eigenvalue weighted by molar-refractivity contribution is -0.122. The maximum Gasteiger partial charge on any atom is 0.284 e. The molecule has 1 saturated heterocycles. The SMILES string of the molecule is CCN1C(=O)/C(=C/N(C)C)S/C1=N/S(=O)(=O)c1ccc(Cl)cc1. The minimum absolute atomic E-state index is 0.0311. The van der Waals surface area contributed by atoms with E-state index in [0.717, 1.165) is 11.8 Å². The minimum Gasteiger partial charge on any atom is -0.382 e. The van der Waals surface area contributed by atoms with Crippen LogP contribution in [0.2, 0.25) is 5.02 Å². The third-order valence-corrected chi connectivity index (χ3v) is 5.53. The summed E-state index contributed by atoms with van der Waals surface area (Å²) in [6, 6.07) is 5.74. The van der Waals surface area contributed by atoms with Gasteiger partial charge < -0.3 is 4.90 Å². The van der Waals surface area contributed by atoms with Crippen molar-refractivity contribution in [3.05, 3.63) is 40.4 Å². The van der Waals surface area contributed by atoms with E-state index in [1.807, 2.05) is 0 Å². The molecular formula is C14H16ClN3O3S2. The average Bonchev–Trinajstić information content (AvgIpc) is 2.73. The van der Waals surface area contributed by atoms with Crippen LogP contribution in [0.25, 0.3) is 0 Å². The van der Waals surface area contributed by atoms with Crippen molar-refractivity contribution in [2.45, 2.75) is 11.8 Å². The van der Waals surface area contributed by atoms with Crippen LogP contribution in [0.4, 0.5) is 0 Å². The summed E-state index contributed by atoms with van der Waals surface area (Å²) in [6.07, 6.45) is 1.65. The van der Waals surface area contributed by atoms with E-state index < -0.39 is 10.0 Å². The molecule has 2 rings (SSSR count). The molecule has 1 heterocycles. The van der Waals surface area contributed by atoms with Gasteiger partial charge in [0, 0.05) is 31.9 Å². The molecule has 0 unspecified atom stereocenters. The molecule has 1 aliphatic heterocycles. The number of hydrogen-bond acceptors (Lipinski definition) is 5. The first-order chi connectivity index (χ1) is 10.7. The highest BCUT2D eigenvalue weighted by molar-refractivity contribution is 8.19. The fourth-order valence-electron chi connectivity index (χ4n) is 1.84. The van der Waals surface area contributed by atoms with Crippen molar-refractivity contribution in [1.29, 1.82) is 0 Å². The Bertz CT molecular complexity index is 771. The molecule has 1 fully saturated rings.